The minimum atomic E-state index is -1.23. The van der Waals surface area contributed by atoms with Crippen molar-refractivity contribution in [2.24, 2.45) is 0 Å². The molecule has 0 saturated heterocycles. The topological polar surface area (TPSA) is 98.5 Å². The summed E-state index contributed by atoms with van der Waals surface area (Å²) >= 11 is 1.07. The molecule has 2 heterocycles. The number of esters is 1. The van der Waals surface area contributed by atoms with Crippen LogP contribution in [0.3, 0.4) is 0 Å². The lowest BCUT2D eigenvalue weighted by molar-refractivity contribution is -0.139. The van der Waals surface area contributed by atoms with Crippen molar-refractivity contribution >= 4 is 33.5 Å². The number of thiophene rings is 1. The van der Waals surface area contributed by atoms with E-state index in [-0.39, 0.29) is 22.7 Å². The first-order valence-corrected chi connectivity index (χ1v) is 10.7. The van der Waals surface area contributed by atoms with E-state index in [4.69, 9.17) is 4.74 Å². The van der Waals surface area contributed by atoms with Gasteiger partial charge in [0.2, 0.25) is 0 Å². The maximum absolute atomic E-state index is 13.4. The van der Waals surface area contributed by atoms with Crippen molar-refractivity contribution in [2.45, 2.75) is 26.5 Å². The van der Waals surface area contributed by atoms with Gasteiger partial charge < -0.3 is 9.84 Å². The van der Waals surface area contributed by atoms with E-state index in [1.807, 2.05) is 30.3 Å². The number of hydrogen-bond acceptors (Lipinski definition) is 6. The van der Waals surface area contributed by atoms with E-state index in [2.05, 4.69) is 4.98 Å². The van der Waals surface area contributed by atoms with Crippen LogP contribution >= 0.6 is 11.3 Å². The largest absolute Gasteiger partial charge is 0.479 e. The second kappa shape index (κ2) is 8.76. The molecule has 1 atom stereocenters. The molecule has 0 bridgehead atoms. The van der Waals surface area contributed by atoms with E-state index in [1.54, 1.807) is 44.2 Å². The predicted molar refractivity (Wildman–Crippen MR) is 121 cm³/mol. The molecule has 0 radical (unpaired) electrons. The number of nitrogens with zero attached hydrogens (tertiary/aromatic N) is 2. The molecule has 2 aromatic carbocycles. The van der Waals surface area contributed by atoms with Crippen molar-refractivity contribution in [2.75, 3.05) is 0 Å². The average molecular weight is 449 g/mol. The van der Waals surface area contributed by atoms with E-state index in [1.165, 1.54) is 4.57 Å². The summed E-state index contributed by atoms with van der Waals surface area (Å²) in [5.74, 6) is -1.46. The monoisotopic (exact) mass is 448 g/mol. The van der Waals surface area contributed by atoms with Gasteiger partial charge in [-0.2, -0.15) is 0 Å². The molecule has 1 N–H and O–H groups in total. The number of aryl methyl sites for hydroxylation is 2. The average Bonchev–Trinajstić information content (AvgIpc) is 3.12. The normalized spacial score (nSPS) is 11.9. The van der Waals surface area contributed by atoms with Gasteiger partial charge in [-0.05, 0) is 30.5 Å². The van der Waals surface area contributed by atoms with Crippen molar-refractivity contribution in [3.63, 3.8) is 0 Å². The first-order chi connectivity index (χ1) is 15.4. The van der Waals surface area contributed by atoms with Gasteiger partial charge in [-0.3, -0.25) is 9.36 Å². The highest BCUT2D eigenvalue weighted by atomic mass is 32.1. The highest BCUT2D eigenvalue weighted by Gasteiger charge is 2.28. The molecule has 4 rings (SSSR count). The van der Waals surface area contributed by atoms with E-state index in [9.17, 15) is 19.5 Å². The lowest BCUT2D eigenvalue weighted by Gasteiger charge is -2.18. The molecule has 0 aliphatic rings. The summed E-state index contributed by atoms with van der Waals surface area (Å²) in [5.41, 5.74) is 1.25. The number of aromatic nitrogens is 2. The number of carbonyl (C=O) groups excluding carboxylic acids is 1. The van der Waals surface area contributed by atoms with Crippen LogP contribution in [0.4, 0.5) is 0 Å². The van der Waals surface area contributed by atoms with Crippen LogP contribution < -0.4 is 5.56 Å². The van der Waals surface area contributed by atoms with Crippen LogP contribution in [0.5, 0.6) is 0 Å². The Morgan fingerprint density at radius 1 is 1.06 bits per heavy atom. The van der Waals surface area contributed by atoms with Crippen molar-refractivity contribution in [3.8, 4) is 0 Å². The fraction of sp³-hybridized carbons (Fsp3) is 0.167. The third-order valence-electron chi connectivity index (χ3n) is 5.18. The fourth-order valence-corrected chi connectivity index (χ4v) is 4.73. The Labute approximate surface area is 187 Å². The highest BCUT2D eigenvalue weighted by molar-refractivity contribution is 7.20. The van der Waals surface area contributed by atoms with E-state index >= 15 is 0 Å². The predicted octanol–water partition coefficient (Wildman–Crippen LogP) is 4.11. The number of aliphatic carboxylic acids is 1. The summed E-state index contributed by atoms with van der Waals surface area (Å²) in [4.78, 5) is 43.3. The minimum Gasteiger partial charge on any atom is -0.479 e. The summed E-state index contributed by atoms with van der Waals surface area (Å²) in [5, 5.41) is 10.1. The van der Waals surface area contributed by atoms with E-state index < -0.39 is 23.5 Å². The van der Waals surface area contributed by atoms with Crippen molar-refractivity contribution in [1.82, 2.24) is 9.55 Å². The van der Waals surface area contributed by atoms with Gasteiger partial charge in [0.15, 0.2) is 6.04 Å². The molecule has 0 fully saturated rings. The van der Waals surface area contributed by atoms with Crippen LogP contribution in [0.1, 0.15) is 38.2 Å². The zero-order chi connectivity index (χ0) is 22.8. The van der Waals surface area contributed by atoms with Gasteiger partial charge in [-0.15, -0.1) is 11.3 Å². The molecule has 7 nitrogen and oxygen atoms in total. The Bertz CT molecular complexity index is 1360. The Hall–Kier alpha value is -3.78. The Kier molecular flexibility index (Phi) is 5.87. The van der Waals surface area contributed by atoms with Gasteiger partial charge in [0.1, 0.15) is 22.1 Å². The third kappa shape index (κ3) is 3.92. The van der Waals surface area contributed by atoms with Gasteiger partial charge in [0.25, 0.3) is 5.56 Å². The number of hydrogen-bond donors (Lipinski definition) is 1. The number of benzene rings is 2. The van der Waals surface area contributed by atoms with Crippen LogP contribution in [0.15, 0.2) is 65.5 Å². The lowest BCUT2D eigenvalue weighted by Crippen LogP contribution is -2.33. The fourth-order valence-electron chi connectivity index (χ4n) is 3.62. The highest BCUT2D eigenvalue weighted by Crippen LogP contribution is 2.29. The number of rotatable bonds is 6. The summed E-state index contributed by atoms with van der Waals surface area (Å²) < 4.78 is 6.59. The number of ether oxygens (including phenoxy) is 1. The first-order valence-electron chi connectivity index (χ1n) is 9.89. The molecule has 162 valence electrons. The maximum Gasteiger partial charge on any atom is 0.349 e. The molecule has 0 amide bonds. The molecule has 0 aliphatic carbocycles. The van der Waals surface area contributed by atoms with Crippen molar-refractivity contribution in [3.05, 3.63) is 98.4 Å². The van der Waals surface area contributed by atoms with Crippen LogP contribution in [0, 0.1) is 13.8 Å². The van der Waals surface area contributed by atoms with Crippen LogP contribution in [0.25, 0.3) is 10.2 Å². The summed E-state index contributed by atoms with van der Waals surface area (Å²) in [6.07, 6.45) is 0. The quantitative estimate of drug-likeness (QED) is 0.446. The van der Waals surface area contributed by atoms with Gasteiger partial charge in [-0.25, -0.2) is 14.6 Å². The van der Waals surface area contributed by atoms with Gasteiger partial charge in [-0.1, -0.05) is 60.7 Å². The standard InChI is InChI=1S/C24H20N2O5S/c1-14-18-21(32-20(14)24(30)31-13-16-9-5-3-6-10-16)25-15(2)26(22(18)27)19(23(28)29)17-11-7-4-8-12-17/h3-12,19H,13H2,1-2H3,(H,28,29). The molecule has 4 aromatic rings. The second-order valence-electron chi connectivity index (χ2n) is 7.28. The second-order valence-corrected chi connectivity index (χ2v) is 8.28. The zero-order valence-electron chi connectivity index (χ0n) is 17.4. The van der Waals surface area contributed by atoms with Gasteiger partial charge in [0, 0.05) is 0 Å². The maximum atomic E-state index is 13.4. The molecule has 1 unspecified atom stereocenters. The van der Waals surface area contributed by atoms with E-state index in [0.29, 0.717) is 16.0 Å². The Morgan fingerprint density at radius 2 is 1.69 bits per heavy atom. The van der Waals surface area contributed by atoms with Crippen LogP contribution in [-0.4, -0.2) is 26.6 Å². The summed E-state index contributed by atoms with van der Waals surface area (Å²) in [7, 11) is 0. The first kappa shape index (κ1) is 21.5. The zero-order valence-corrected chi connectivity index (χ0v) is 18.3. The molecular weight excluding hydrogens is 428 g/mol. The minimum absolute atomic E-state index is 0.110. The number of carbonyl (C=O) groups is 2. The van der Waals surface area contributed by atoms with Gasteiger partial charge >= 0.3 is 11.9 Å². The van der Waals surface area contributed by atoms with Gasteiger partial charge in [0.05, 0.1) is 5.39 Å². The Morgan fingerprint density at radius 3 is 2.31 bits per heavy atom. The summed E-state index contributed by atoms with van der Waals surface area (Å²) in [6.45, 7) is 3.35. The number of carboxylic acid groups (broad SMARTS) is 1. The molecule has 0 spiro atoms. The SMILES string of the molecule is Cc1c(C(=O)OCc2ccccc2)sc2nc(C)n(C(C(=O)O)c3ccccc3)c(=O)c12. The van der Waals surface area contributed by atoms with E-state index in [0.717, 1.165) is 16.9 Å². The van der Waals surface area contributed by atoms with Crippen molar-refractivity contribution in [1.29, 1.82) is 0 Å². The Balaban J connectivity index is 1.77. The molecule has 0 saturated carbocycles. The molecule has 2 aromatic heterocycles. The lowest BCUT2D eigenvalue weighted by atomic mass is 10.1. The number of carboxylic acids is 1. The molecule has 0 aliphatic heterocycles. The molecule has 8 heteroatoms. The third-order valence-corrected chi connectivity index (χ3v) is 6.34. The molecule has 32 heavy (non-hydrogen) atoms. The van der Waals surface area contributed by atoms with Crippen molar-refractivity contribution < 1.29 is 19.4 Å². The number of fused-ring (bicyclic) bond motifs is 1. The van der Waals surface area contributed by atoms with Crippen LogP contribution in [-0.2, 0) is 16.1 Å². The smallest absolute Gasteiger partial charge is 0.349 e. The molecular formula is C24H20N2O5S. The van der Waals surface area contributed by atoms with Crippen LogP contribution in [0.2, 0.25) is 0 Å². The summed E-state index contributed by atoms with van der Waals surface area (Å²) in [6, 6.07) is 16.6.